The van der Waals surface area contributed by atoms with Crippen LogP contribution in [-0.4, -0.2) is 0 Å². The van der Waals surface area contributed by atoms with Crippen molar-refractivity contribution < 1.29 is 4.42 Å². The second-order valence-electron chi connectivity index (χ2n) is 3.77. The quantitative estimate of drug-likeness (QED) is 0.730. The lowest BCUT2D eigenvalue weighted by molar-refractivity contribution is 0.523. The molecule has 2 heteroatoms. The van der Waals surface area contributed by atoms with Gasteiger partial charge < -0.3 is 4.42 Å². The zero-order valence-electron chi connectivity index (χ0n) is 9.33. The minimum absolute atomic E-state index is 0.752. The maximum Gasteiger partial charge on any atom is 0.127 e. The Morgan fingerprint density at radius 2 is 1.75 bits per heavy atom. The maximum absolute atomic E-state index is 5.81. The molecular weight excluding hydrogens is 220 g/mol. The molecular formula is C14H13ClO. The van der Waals surface area contributed by atoms with Crippen LogP contribution in [0.15, 0.2) is 34.7 Å². The second-order valence-corrected chi connectivity index (χ2v) is 4.21. The van der Waals surface area contributed by atoms with E-state index in [1.165, 1.54) is 5.56 Å². The summed E-state index contributed by atoms with van der Waals surface area (Å²) in [5, 5.41) is 0.752. The van der Waals surface area contributed by atoms with Crippen LogP contribution in [0.4, 0.5) is 0 Å². The van der Waals surface area contributed by atoms with E-state index in [9.17, 15) is 0 Å². The molecule has 0 N–H and O–H groups in total. The lowest BCUT2D eigenvalue weighted by Gasteiger charge is -1.92. The zero-order chi connectivity index (χ0) is 11.5. The molecule has 0 aliphatic heterocycles. The number of hydrogen-bond acceptors (Lipinski definition) is 1. The van der Waals surface area contributed by atoms with Crippen molar-refractivity contribution in [1.29, 1.82) is 0 Å². The van der Waals surface area contributed by atoms with Gasteiger partial charge in [0.2, 0.25) is 0 Å². The van der Waals surface area contributed by atoms with Crippen LogP contribution in [0.2, 0.25) is 5.02 Å². The van der Waals surface area contributed by atoms with Crippen molar-refractivity contribution in [3.63, 3.8) is 0 Å². The van der Waals surface area contributed by atoms with Crippen LogP contribution in [0.25, 0.3) is 12.2 Å². The third-order valence-corrected chi connectivity index (χ3v) is 2.75. The number of furan rings is 1. The van der Waals surface area contributed by atoms with Crippen LogP contribution in [0.1, 0.15) is 22.6 Å². The van der Waals surface area contributed by atoms with E-state index >= 15 is 0 Å². The highest BCUT2D eigenvalue weighted by Crippen LogP contribution is 2.16. The predicted molar refractivity (Wildman–Crippen MR) is 68.6 cm³/mol. The van der Waals surface area contributed by atoms with E-state index in [1.54, 1.807) is 0 Å². The molecule has 0 radical (unpaired) electrons. The van der Waals surface area contributed by atoms with Gasteiger partial charge in [-0.2, -0.15) is 0 Å². The summed E-state index contributed by atoms with van der Waals surface area (Å²) in [5.74, 6) is 1.85. The number of benzene rings is 1. The molecule has 16 heavy (non-hydrogen) atoms. The SMILES string of the molecule is Cc1cc(/C=C/c2ccc(Cl)cc2)oc1C. The van der Waals surface area contributed by atoms with Crippen LogP contribution in [-0.2, 0) is 0 Å². The Hall–Kier alpha value is -1.47. The first-order valence-electron chi connectivity index (χ1n) is 5.16. The van der Waals surface area contributed by atoms with E-state index in [4.69, 9.17) is 16.0 Å². The molecule has 0 saturated carbocycles. The molecule has 1 nitrogen and oxygen atoms in total. The van der Waals surface area contributed by atoms with E-state index in [2.05, 4.69) is 0 Å². The Morgan fingerprint density at radius 3 is 2.31 bits per heavy atom. The Labute approximate surface area is 100 Å². The monoisotopic (exact) mass is 232 g/mol. The average molecular weight is 233 g/mol. The summed E-state index contributed by atoms with van der Waals surface area (Å²) in [6, 6.07) is 9.73. The van der Waals surface area contributed by atoms with Gasteiger partial charge in [0.25, 0.3) is 0 Å². The first kappa shape index (κ1) is 11.0. The predicted octanol–water partition coefficient (Wildman–Crippen LogP) is 4.72. The van der Waals surface area contributed by atoms with Gasteiger partial charge in [0, 0.05) is 5.02 Å². The van der Waals surface area contributed by atoms with Gasteiger partial charge in [-0.1, -0.05) is 29.8 Å². The summed E-state index contributed by atoms with van der Waals surface area (Å²) in [4.78, 5) is 0. The summed E-state index contributed by atoms with van der Waals surface area (Å²) in [5.41, 5.74) is 2.28. The second kappa shape index (κ2) is 4.58. The fourth-order valence-electron chi connectivity index (χ4n) is 1.44. The number of hydrogen-bond donors (Lipinski definition) is 0. The van der Waals surface area contributed by atoms with Crippen molar-refractivity contribution in [2.45, 2.75) is 13.8 Å². The van der Waals surface area contributed by atoms with Gasteiger partial charge in [0.05, 0.1) is 0 Å². The molecule has 0 unspecified atom stereocenters. The maximum atomic E-state index is 5.81. The van der Waals surface area contributed by atoms with Crippen molar-refractivity contribution in [2.24, 2.45) is 0 Å². The fourth-order valence-corrected chi connectivity index (χ4v) is 1.56. The normalized spacial score (nSPS) is 11.2. The van der Waals surface area contributed by atoms with Crippen LogP contribution in [0.5, 0.6) is 0 Å². The highest BCUT2D eigenvalue weighted by atomic mass is 35.5. The molecule has 0 aliphatic carbocycles. The highest BCUT2D eigenvalue weighted by Gasteiger charge is 1.99. The highest BCUT2D eigenvalue weighted by molar-refractivity contribution is 6.30. The van der Waals surface area contributed by atoms with Crippen LogP contribution in [0, 0.1) is 13.8 Å². The summed E-state index contributed by atoms with van der Waals surface area (Å²) in [6.45, 7) is 4.01. The first-order chi connectivity index (χ1) is 7.65. The lowest BCUT2D eigenvalue weighted by Crippen LogP contribution is -1.70. The van der Waals surface area contributed by atoms with E-state index in [1.807, 2.05) is 56.3 Å². The number of halogens is 1. The molecule has 2 rings (SSSR count). The van der Waals surface area contributed by atoms with E-state index in [-0.39, 0.29) is 0 Å². The van der Waals surface area contributed by atoms with Gasteiger partial charge in [-0.15, -0.1) is 0 Å². The molecule has 0 fully saturated rings. The molecule has 0 bridgehead atoms. The molecule has 0 atom stereocenters. The minimum atomic E-state index is 0.752. The van der Waals surface area contributed by atoms with Crippen LogP contribution >= 0.6 is 11.6 Å². The first-order valence-corrected chi connectivity index (χ1v) is 5.53. The van der Waals surface area contributed by atoms with Gasteiger partial charge in [0.1, 0.15) is 11.5 Å². The Morgan fingerprint density at radius 1 is 1.06 bits per heavy atom. The van der Waals surface area contributed by atoms with E-state index in [0.717, 1.165) is 22.1 Å². The van der Waals surface area contributed by atoms with Crippen molar-refractivity contribution >= 4 is 23.8 Å². The van der Waals surface area contributed by atoms with Crippen LogP contribution in [0.3, 0.4) is 0 Å². The molecule has 2 aromatic rings. The molecule has 0 saturated heterocycles. The molecule has 0 amide bonds. The van der Waals surface area contributed by atoms with Gasteiger partial charge in [-0.05, 0) is 49.2 Å². The van der Waals surface area contributed by atoms with Gasteiger partial charge in [0.15, 0.2) is 0 Å². The zero-order valence-corrected chi connectivity index (χ0v) is 10.1. The van der Waals surface area contributed by atoms with Crippen molar-refractivity contribution in [2.75, 3.05) is 0 Å². The Balaban J connectivity index is 2.17. The Kier molecular flexibility index (Phi) is 3.16. The van der Waals surface area contributed by atoms with Gasteiger partial charge >= 0.3 is 0 Å². The van der Waals surface area contributed by atoms with Crippen molar-refractivity contribution in [3.8, 4) is 0 Å². The standard InChI is InChI=1S/C14H13ClO/c1-10-9-14(16-11(10)2)8-5-12-3-6-13(15)7-4-12/h3-9H,1-2H3/b8-5+. The molecule has 0 aliphatic rings. The molecule has 1 aromatic carbocycles. The van der Waals surface area contributed by atoms with Crippen molar-refractivity contribution in [1.82, 2.24) is 0 Å². The summed E-state index contributed by atoms with van der Waals surface area (Å²) >= 11 is 5.81. The summed E-state index contributed by atoms with van der Waals surface area (Å²) < 4.78 is 5.55. The van der Waals surface area contributed by atoms with Gasteiger partial charge in [-0.3, -0.25) is 0 Å². The largest absolute Gasteiger partial charge is 0.462 e. The molecule has 1 aromatic heterocycles. The number of rotatable bonds is 2. The van der Waals surface area contributed by atoms with E-state index < -0.39 is 0 Å². The van der Waals surface area contributed by atoms with Crippen LogP contribution < -0.4 is 0 Å². The smallest absolute Gasteiger partial charge is 0.127 e. The fraction of sp³-hybridized carbons (Fsp3) is 0.143. The summed E-state index contributed by atoms with van der Waals surface area (Å²) in [6.07, 6.45) is 3.97. The topological polar surface area (TPSA) is 13.1 Å². The Bertz CT molecular complexity index is 487. The molecule has 1 heterocycles. The number of aryl methyl sites for hydroxylation is 2. The average Bonchev–Trinajstić information content (AvgIpc) is 2.58. The summed E-state index contributed by atoms with van der Waals surface area (Å²) in [7, 11) is 0. The third kappa shape index (κ3) is 2.56. The molecule has 0 spiro atoms. The lowest BCUT2D eigenvalue weighted by atomic mass is 10.2. The van der Waals surface area contributed by atoms with E-state index in [0.29, 0.717) is 0 Å². The third-order valence-electron chi connectivity index (χ3n) is 2.50. The molecule has 82 valence electrons. The van der Waals surface area contributed by atoms with Crippen molar-refractivity contribution in [3.05, 3.63) is 58.0 Å². The van der Waals surface area contributed by atoms with Gasteiger partial charge in [-0.25, -0.2) is 0 Å². The minimum Gasteiger partial charge on any atom is -0.462 e.